The second-order valence-corrected chi connectivity index (χ2v) is 5.68. The number of ether oxygens (including phenoxy) is 1. The van der Waals surface area contributed by atoms with Gasteiger partial charge in [0.1, 0.15) is 11.4 Å². The highest BCUT2D eigenvalue weighted by atomic mass is 16.5. The number of aromatic nitrogens is 1. The number of anilines is 2. The molecule has 3 N–H and O–H groups in total. The Balaban J connectivity index is 1.58. The van der Waals surface area contributed by atoms with Crippen molar-refractivity contribution in [1.29, 1.82) is 0 Å². The van der Waals surface area contributed by atoms with Gasteiger partial charge in [0.2, 0.25) is 0 Å². The molecule has 2 heterocycles. The average Bonchev–Trinajstić information content (AvgIpc) is 3.00. The van der Waals surface area contributed by atoms with Gasteiger partial charge in [-0.25, -0.2) is 0 Å². The molecule has 0 saturated heterocycles. The largest absolute Gasteiger partial charge is 0.479 e. The van der Waals surface area contributed by atoms with E-state index in [-0.39, 0.29) is 11.8 Å². The molecule has 4 rings (SSSR count). The number of para-hydroxylation sites is 1. The Labute approximate surface area is 137 Å². The molecule has 2 aromatic carbocycles. The number of hydrogen-bond acceptors (Lipinski definition) is 3. The number of nitrogens with one attached hydrogen (secondary N) is 3. The third-order valence-electron chi connectivity index (χ3n) is 3.94. The number of amides is 2. The van der Waals surface area contributed by atoms with Crippen LogP contribution in [0.4, 0.5) is 11.4 Å². The minimum atomic E-state index is -0.524. The van der Waals surface area contributed by atoms with Crippen LogP contribution in [-0.4, -0.2) is 22.9 Å². The Kier molecular flexibility index (Phi) is 3.23. The van der Waals surface area contributed by atoms with Crippen LogP contribution in [0.2, 0.25) is 0 Å². The van der Waals surface area contributed by atoms with Gasteiger partial charge in [-0.3, -0.25) is 9.59 Å². The maximum atomic E-state index is 12.4. The first kappa shape index (κ1) is 14.3. The Morgan fingerprint density at radius 2 is 2.00 bits per heavy atom. The Bertz CT molecular complexity index is 928. The van der Waals surface area contributed by atoms with Crippen molar-refractivity contribution in [2.24, 2.45) is 0 Å². The van der Waals surface area contributed by atoms with Crippen molar-refractivity contribution in [2.45, 2.75) is 13.0 Å². The highest BCUT2D eigenvalue weighted by Gasteiger charge is 2.23. The summed E-state index contributed by atoms with van der Waals surface area (Å²) in [7, 11) is 0. The summed E-state index contributed by atoms with van der Waals surface area (Å²) >= 11 is 0. The number of aromatic amines is 1. The lowest BCUT2D eigenvalue weighted by Gasteiger charge is -2.23. The van der Waals surface area contributed by atoms with Gasteiger partial charge in [0, 0.05) is 16.6 Å². The zero-order chi connectivity index (χ0) is 16.7. The second-order valence-electron chi connectivity index (χ2n) is 5.68. The zero-order valence-corrected chi connectivity index (χ0v) is 12.9. The molecule has 6 heteroatoms. The number of carbonyl (C=O) groups is 2. The van der Waals surface area contributed by atoms with Crippen LogP contribution in [0.1, 0.15) is 17.4 Å². The average molecular weight is 321 g/mol. The van der Waals surface area contributed by atoms with E-state index in [9.17, 15) is 9.59 Å². The summed E-state index contributed by atoms with van der Waals surface area (Å²) in [6, 6.07) is 14.6. The summed E-state index contributed by atoms with van der Waals surface area (Å²) in [6.07, 6.45) is -0.524. The van der Waals surface area contributed by atoms with Gasteiger partial charge in [-0.1, -0.05) is 18.2 Å². The van der Waals surface area contributed by atoms with Gasteiger partial charge in [0.25, 0.3) is 11.8 Å². The molecule has 0 fully saturated rings. The second kappa shape index (κ2) is 5.42. The molecule has 24 heavy (non-hydrogen) atoms. The van der Waals surface area contributed by atoms with E-state index in [4.69, 9.17) is 4.74 Å². The summed E-state index contributed by atoms with van der Waals surface area (Å²) in [5, 5.41) is 6.55. The fraction of sp³-hybridized carbons (Fsp3) is 0.111. The Morgan fingerprint density at radius 1 is 1.17 bits per heavy atom. The van der Waals surface area contributed by atoms with Gasteiger partial charge in [-0.15, -0.1) is 0 Å². The molecule has 3 aromatic rings. The number of carbonyl (C=O) groups excluding carboxylic acids is 2. The van der Waals surface area contributed by atoms with Crippen LogP contribution in [0.25, 0.3) is 10.9 Å². The van der Waals surface area contributed by atoms with Crippen molar-refractivity contribution in [3.05, 3.63) is 54.2 Å². The lowest BCUT2D eigenvalue weighted by Crippen LogP contribution is -2.34. The molecule has 0 spiro atoms. The van der Waals surface area contributed by atoms with Gasteiger partial charge in [0.15, 0.2) is 6.10 Å². The number of H-pyrrole nitrogens is 1. The van der Waals surface area contributed by atoms with Crippen LogP contribution in [0.3, 0.4) is 0 Å². The monoisotopic (exact) mass is 321 g/mol. The molecule has 1 aliphatic rings. The van der Waals surface area contributed by atoms with Gasteiger partial charge in [0.05, 0.1) is 5.69 Å². The van der Waals surface area contributed by atoms with E-state index in [1.165, 1.54) is 0 Å². The van der Waals surface area contributed by atoms with Crippen LogP contribution >= 0.6 is 0 Å². The van der Waals surface area contributed by atoms with E-state index >= 15 is 0 Å². The fourth-order valence-corrected chi connectivity index (χ4v) is 2.68. The predicted molar refractivity (Wildman–Crippen MR) is 91.4 cm³/mol. The van der Waals surface area contributed by atoms with Crippen LogP contribution in [0.15, 0.2) is 48.5 Å². The maximum absolute atomic E-state index is 12.4. The molecular formula is C18H15N3O3. The van der Waals surface area contributed by atoms with E-state index in [0.29, 0.717) is 22.8 Å². The highest BCUT2D eigenvalue weighted by Crippen LogP contribution is 2.32. The van der Waals surface area contributed by atoms with Gasteiger partial charge >= 0.3 is 0 Å². The van der Waals surface area contributed by atoms with Crippen molar-refractivity contribution in [2.75, 3.05) is 10.6 Å². The molecule has 0 saturated carbocycles. The van der Waals surface area contributed by atoms with Crippen molar-refractivity contribution in [3.8, 4) is 5.75 Å². The van der Waals surface area contributed by atoms with Crippen molar-refractivity contribution in [1.82, 2.24) is 4.98 Å². The summed E-state index contributed by atoms with van der Waals surface area (Å²) in [4.78, 5) is 27.2. The first-order valence-corrected chi connectivity index (χ1v) is 7.61. The normalized spacial score (nSPS) is 16.2. The van der Waals surface area contributed by atoms with Crippen LogP contribution < -0.4 is 15.4 Å². The molecular weight excluding hydrogens is 306 g/mol. The summed E-state index contributed by atoms with van der Waals surface area (Å²) in [5.74, 6) is 0.134. The molecule has 6 nitrogen and oxygen atoms in total. The van der Waals surface area contributed by atoms with Crippen LogP contribution in [0, 0.1) is 0 Å². The third kappa shape index (κ3) is 2.48. The minimum Gasteiger partial charge on any atom is -0.479 e. The number of rotatable bonds is 2. The van der Waals surface area contributed by atoms with E-state index in [1.807, 2.05) is 24.3 Å². The Hall–Kier alpha value is -3.28. The first-order chi connectivity index (χ1) is 11.6. The smallest absolute Gasteiger partial charge is 0.272 e. The fourth-order valence-electron chi connectivity index (χ4n) is 2.68. The number of hydrogen-bond donors (Lipinski definition) is 3. The van der Waals surface area contributed by atoms with Gasteiger partial charge in [-0.05, 0) is 37.3 Å². The Morgan fingerprint density at radius 3 is 2.83 bits per heavy atom. The van der Waals surface area contributed by atoms with Gasteiger partial charge in [-0.2, -0.15) is 0 Å². The maximum Gasteiger partial charge on any atom is 0.272 e. The van der Waals surface area contributed by atoms with E-state index in [0.717, 1.165) is 10.9 Å². The van der Waals surface area contributed by atoms with Crippen molar-refractivity contribution >= 4 is 34.1 Å². The van der Waals surface area contributed by atoms with Crippen LogP contribution in [-0.2, 0) is 4.79 Å². The zero-order valence-electron chi connectivity index (χ0n) is 12.9. The lowest BCUT2D eigenvalue weighted by atomic mass is 10.2. The molecule has 1 atom stereocenters. The lowest BCUT2D eigenvalue weighted by molar-refractivity contribution is -0.122. The van der Waals surface area contributed by atoms with E-state index in [1.54, 1.807) is 31.2 Å². The summed E-state index contributed by atoms with van der Waals surface area (Å²) < 4.78 is 5.50. The van der Waals surface area contributed by atoms with Crippen molar-refractivity contribution in [3.63, 3.8) is 0 Å². The number of benzene rings is 2. The van der Waals surface area contributed by atoms with Crippen molar-refractivity contribution < 1.29 is 14.3 Å². The molecule has 0 bridgehead atoms. The van der Waals surface area contributed by atoms with Crippen LogP contribution in [0.5, 0.6) is 5.75 Å². The number of fused-ring (bicyclic) bond motifs is 2. The summed E-state index contributed by atoms with van der Waals surface area (Å²) in [5.41, 5.74) is 2.51. The molecule has 2 amide bonds. The topological polar surface area (TPSA) is 83.2 Å². The molecule has 1 aliphatic heterocycles. The van der Waals surface area contributed by atoms with Gasteiger partial charge < -0.3 is 20.4 Å². The molecule has 0 aliphatic carbocycles. The summed E-state index contributed by atoms with van der Waals surface area (Å²) in [6.45, 7) is 1.68. The predicted octanol–water partition coefficient (Wildman–Crippen LogP) is 3.14. The minimum absolute atomic E-state index is 0.207. The highest BCUT2D eigenvalue weighted by molar-refractivity contribution is 6.06. The third-order valence-corrected chi connectivity index (χ3v) is 3.94. The molecule has 0 radical (unpaired) electrons. The molecule has 1 aromatic heterocycles. The SMILES string of the molecule is C[C@@H]1Oc2ccc(NC(=O)c3cc4ccccc4[nH]3)cc2NC1=O. The van der Waals surface area contributed by atoms with E-state index in [2.05, 4.69) is 15.6 Å². The standard InChI is InChI=1S/C18H15N3O3/c1-10-17(22)21-14-9-12(6-7-16(14)24-10)19-18(23)15-8-11-4-2-3-5-13(11)20-15/h2-10,20H,1H3,(H,19,23)(H,21,22)/t10-/m0/s1. The first-order valence-electron chi connectivity index (χ1n) is 7.61. The van der Waals surface area contributed by atoms with E-state index < -0.39 is 6.10 Å². The molecule has 0 unspecified atom stereocenters. The quantitative estimate of drug-likeness (QED) is 0.678. The molecule has 120 valence electrons.